The minimum Gasteiger partial charge on any atom is -0.399 e. The van der Waals surface area contributed by atoms with Crippen molar-refractivity contribution >= 4 is 33.0 Å². The van der Waals surface area contributed by atoms with Crippen LogP contribution in [0.1, 0.15) is 10.4 Å². The predicted molar refractivity (Wildman–Crippen MR) is 57.9 cm³/mol. The molecule has 1 aromatic heterocycles. The molecule has 0 bridgehead atoms. The van der Waals surface area contributed by atoms with Gasteiger partial charge in [0.2, 0.25) is 0 Å². The maximum atomic E-state index is 11.3. The first kappa shape index (κ1) is 8.98. The molecule has 0 radical (unpaired) electrons. The Labute approximate surface area is 84.5 Å². The van der Waals surface area contributed by atoms with Gasteiger partial charge in [0.25, 0.3) is 5.91 Å². The molecule has 0 spiro atoms. The van der Waals surface area contributed by atoms with Crippen molar-refractivity contribution < 1.29 is 4.79 Å². The number of rotatable bonds is 1. The van der Waals surface area contributed by atoms with Crippen LogP contribution in [0.3, 0.4) is 0 Å². The van der Waals surface area contributed by atoms with E-state index in [2.05, 4.69) is 5.43 Å². The highest BCUT2D eigenvalue weighted by Crippen LogP contribution is 2.27. The van der Waals surface area contributed by atoms with E-state index in [1.54, 1.807) is 11.4 Å². The Morgan fingerprint density at radius 1 is 1.43 bits per heavy atom. The second kappa shape index (κ2) is 3.28. The molecule has 5 heteroatoms. The highest BCUT2D eigenvalue weighted by atomic mass is 32.1. The summed E-state index contributed by atoms with van der Waals surface area (Å²) in [6, 6.07) is 5.47. The zero-order valence-electron chi connectivity index (χ0n) is 7.28. The fourth-order valence-corrected chi connectivity index (χ4v) is 2.22. The molecule has 14 heavy (non-hydrogen) atoms. The highest BCUT2D eigenvalue weighted by molar-refractivity contribution is 7.17. The molecule has 5 N–H and O–H groups in total. The normalized spacial score (nSPS) is 10.4. The second-order valence-electron chi connectivity index (χ2n) is 2.88. The van der Waals surface area contributed by atoms with E-state index in [9.17, 15) is 4.79 Å². The number of carbonyl (C=O) groups excluding carboxylic acids is 1. The number of nitrogens with one attached hydrogen (secondary N) is 1. The fraction of sp³-hybridized carbons (Fsp3) is 0. The number of benzene rings is 1. The lowest BCUT2D eigenvalue weighted by Crippen LogP contribution is -2.29. The summed E-state index contributed by atoms with van der Waals surface area (Å²) < 4.78 is 1.03. The zero-order chi connectivity index (χ0) is 10.1. The van der Waals surface area contributed by atoms with Crippen LogP contribution in [0, 0.1) is 0 Å². The van der Waals surface area contributed by atoms with Gasteiger partial charge in [0, 0.05) is 21.2 Å². The molecule has 0 fully saturated rings. The molecule has 2 aromatic rings. The molecule has 0 saturated heterocycles. The summed E-state index contributed by atoms with van der Waals surface area (Å²) in [6.45, 7) is 0. The van der Waals surface area contributed by atoms with Crippen molar-refractivity contribution in [2.75, 3.05) is 5.73 Å². The molecule has 0 aliphatic heterocycles. The largest absolute Gasteiger partial charge is 0.399 e. The lowest BCUT2D eigenvalue weighted by molar-refractivity contribution is 0.0955. The van der Waals surface area contributed by atoms with Gasteiger partial charge in [-0.25, -0.2) is 5.84 Å². The second-order valence-corrected chi connectivity index (χ2v) is 3.79. The van der Waals surface area contributed by atoms with Crippen molar-refractivity contribution in [1.29, 1.82) is 0 Å². The first-order valence-electron chi connectivity index (χ1n) is 4.00. The summed E-state index contributed by atoms with van der Waals surface area (Å²) in [5.41, 5.74) is 8.95. The summed E-state index contributed by atoms with van der Waals surface area (Å²) in [5.74, 6) is 4.78. The van der Waals surface area contributed by atoms with Crippen molar-refractivity contribution in [3.63, 3.8) is 0 Å². The van der Waals surface area contributed by atoms with Gasteiger partial charge >= 0.3 is 0 Å². The molecule has 0 atom stereocenters. The molecular formula is C9H9N3OS. The minimum absolute atomic E-state index is 0.290. The monoisotopic (exact) mass is 207 g/mol. The number of thiophene rings is 1. The van der Waals surface area contributed by atoms with E-state index in [1.165, 1.54) is 11.3 Å². The first-order chi connectivity index (χ1) is 6.72. The molecule has 0 aliphatic carbocycles. The van der Waals surface area contributed by atoms with E-state index < -0.39 is 0 Å². The Morgan fingerprint density at radius 3 is 2.93 bits per heavy atom. The third-order valence-electron chi connectivity index (χ3n) is 1.97. The van der Waals surface area contributed by atoms with Gasteiger partial charge in [-0.3, -0.25) is 10.2 Å². The van der Waals surface area contributed by atoms with Crippen LogP contribution in [0.2, 0.25) is 0 Å². The van der Waals surface area contributed by atoms with E-state index >= 15 is 0 Å². The van der Waals surface area contributed by atoms with Crippen molar-refractivity contribution in [3.05, 3.63) is 29.1 Å². The standard InChI is InChI=1S/C9H9N3OS/c10-5-1-2-8-6(3-5)7(4-14-8)9(13)12-11/h1-4H,10-11H2,(H,12,13). The maximum Gasteiger partial charge on any atom is 0.266 e. The maximum absolute atomic E-state index is 11.3. The van der Waals surface area contributed by atoms with Crippen molar-refractivity contribution in [2.24, 2.45) is 5.84 Å². The van der Waals surface area contributed by atoms with E-state index in [1.807, 2.05) is 12.1 Å². The number of fused-ring (bicyclic) bond motifs is 1. The quantitative estimate of drug-likeness (QED) is 0.283. The number of amides is 1. The van der Waals surface area contributed by atoms with Gasteiger partial charge in [0.1, 0.15) is 0 Å². The van der Waals surface area contributed by atoms with Gasteiger partial charge in [-0.15, -0.1) is 11.3 Å². The Balaban J connectivity index is 2.67. The molecule has 0 saturated carbocycles. The van der Waals surface area contributed by atoms with E-state index in [-0.39, 0.29) is 5.91 Å². The molecular weight excluding hydrogens is 198 g/mol. The summed E-state index contributed by atoms with van der Waals surface area (Å²) in [5, 5.41) is 2.62. The third kappa shape index (κ3) is 1.32. The topological polar surface area (TPSA) is 81.1 Å². The summed E-state index contributed by atoms with van der Waals surface area (Å²) in [6.07, 6.45) is 0. The Bertz CT molecular complexity index is 492. The summed E-state index contributed by atoms with van der Waals surface area (Å²) >= 11 is 1.49. The van der Waals surface area contributed by atoms with Gasteiger partial charge in [0.05, 0.1) is 5.56 Å². The smallest absolute Gasteiger partial charge is 0.266 e. The summed E-state index contributed by atoms with van der Waals surface area (Å²) in [4.78, 5) is 11.3. The lowest BCUT2D eigenvalue weighted by atomic mass is 10.1. The Kier molecular flexibility index (Phi) is 2.11. The van der Waals surface area contributed by atoms with Crippen LogP contribution in [-0.2, 0) is 0 Å². The van der Waals surface area contributed by atoms with Crippen molar-refractivity contribution in [3.8, 4) is 0 Å². The predicted octanol–water partition coefficient (Wildman–Crippen LogP) is 1.09. The highest BCUT2D eigenvalue weighted by Gasteiger charge is 2.10. The van der Waals surface area contributed by atoms with E-state index in [4.69, 9.17) is 11.6 Å². The van der Waals surface area contributed by atoms with Gasteiger partial charge in [-0.05, 0) is 18.2 Å². The van der Waals surface area contributed by atoms with Crippen LogP contribution in [0.5, 0.6) is 0 Å². The minimum atomic E-state index is -0.290. The average Bonchev–Trinajstić information content (AvgIpc) is 2.59. The first-order valence-corrected chi connectivity index (χ1v) is 4.88. The number of anilines is 1. The van der Waals surface area contributed by atoms with Crippen LogP contribution >= 0.6 is 11.3 Å². The number of hydrogen-bond acceptors (Lipinski definition) is 4. The molecule has 2 rings (SSSR count). The Morgan fingerprint density at radius 2 is 2.21 bits per heavy atom. The van der Waals surface area contributed by atoms with Gasteiger partial charge in [-0.2, -0.15) is 0 Å². The average molecular weight is 207 g/mol. The van der Waals surface area contributed by atoms with Crippen LogP contribution in [0.4, 0.5) is 5.69 Å². The molecule has 1 amide bonds. The number of carbonyl (C=O) groups is 1. The molecule has 4 nitrogen and oxygen atoms in total. The van der Waals surface area contributed by atoms with Gasteiger partial charge in [-0.1, -0.05) is 0 Å². The van der Waals surface area contributed by atoms with Crippen molar-refractivity contribution in [1.82, 2.24) is 5.43 Å². The van der Waals surface area contributed by atoms with Crippen LogP contribution in [0.25, 0.3) is 10.1 Å². The number of nitrogens with two attached hydrogens (primary N) is 2. The van der Waals surface area contributed by atoms with Crippen LogP contribution in [-0.4, -0.2) is 5.91 Å². The van der Waals surface area contributed by atoms with E-state index in [0.717, 1.165) is 10.1 Å². The molecule has 1 aromatic carbocycles. The molecule has 0 aliphatic rings. The number of nitrogen functional groups attached to an aromatic ring is 2. The zero-order valence-corrected chi connectivity index (χ0v) is 8.10. The molecule has 0 unspecified atom stereocenters. The molecule has 1 heterocycles. The van der Waals surface area contributed by atoms with Gasteiger partial charge in [0.15, 0.2) is 0 Å². The van der Waals surface area contributed by atoms with Crippen LogP contribution < -0.4 is 17.0 Å². The number of hydrazine groups is 1. The van der Waals surface area contributed by atoms with Crippen LogP contribution in [0.15, 0.2) is 23.6 Å². The fourth-order valence-electron chi connectivity index (χ4n) is 1.30. The summed E-state index contributed by atoms with van der Waals surface area (Å²) in [7, 11) is 0. The Hall–Kier alpha value is -1.59. The van der Waals surface area contributed by atoms with E-state index in [0.29, 0.717) is 11.3 Å². The molecule has 72 valence electrons. The third-order valence-corrected chi connectivity index (χ3v) is 2.94. The van der Waals surface area contributed by atoms with Gasteiger partial charge < -0.3 is 5.73 Å². The lowest BCUT2D eigenvalue weighted by Gasteiger charge is -1.98. The number of hydrogen-bond donors (Lipinski definition) is 3. The van der Waals surface area contributed by atoms with Crippen molar-refractivity contribution in [2.45, 2.75) is 0 Å². The SMILES string of the molecule is NNC(=O)c1csc2ccc(N)cc12.